The lowest BCUT2D eigenvalue weighted by molar-refractivity contribution is 0.0600. The molecular formula is C20H16O4. The van der Waals surface area contributed by atoms with Gasteiger partial charge in [-0.05, 0) is 34.5 Å². The Kier molecular flexibility index (Phi) is 4.57. The van der Waals surface area contributed by atoms with Crippen molar-refractivity contribution in [3.05, 3.63) is 77.4 Å². The van der Waals surface area contributed by atoms with Crippen LogP contribution in [0.25, 0.3) is 10.8 Å². The third-order valence-corrected chi connectivity index (χ3v) is 3.79. The Bertz CT molecular complexity index is 899. The minimum Gasteiger partial charge on any atom is -0.488 e. The summed E-state index contributed by atoms with van der Waals surface area (Å²) in [5.74, 6) is 0.128. The van der Waals surface area contributed by atoms with Gasteiger partial charge >= 0.3 is 5.97 Å². The first kappa shape index (κ1) is 15.7. The number of benzene rings is 3. The number of methoxy groups -OCH3 is 1. The summed E-state index contributed by atoms with van der Waals surface area (Å²) >= 11 is 0. The molecule has 3 aromatic rings. The molecule has 0 aromatic heterocycles. The fourth-order valence-electron chi connectivity index (χ4n) is 2.59. The largest absolute Gasteiger partial charge is 0.488 e. The quantitative estimate of drug-likeness (QED) is 0.526. The smallest absolute Gasteiger partial charge is 0.337 e. The summed E-state index contributed by atoms with van der Waals surface area (Å²) in [6, 6.07) is 18.4. The van der Waals surface area contributed by atoms with Crippen LogP contribution in [0.4, 0.5) is 0 Å². The van der Waals surface area contributed by atoms with E-state index >= 15 is 0 Å². The summed E-state index contributed by atoms with van der Waals surface area (Å²) in [6.07, 6.45) is 0.808. The number of esters is 1. The van der Waals surface area contributed by atoms with Crippen LogP contribution in [-0.2, 0) is 11.3 Å². The Balaban J connectivity index is 1.86. The summed E-state index contributed by atoms with van der Waals surface area (Å²) in [5.41, 5.74) is 1.81. The van der Waals surface area contributed by atoms with E-state index in [4.69, 9.17) is 9.47 Å². The van der Waals surface area contributed by atoms with E-state index in [2.05, 4.69) is 0 Å². The van der Waals surface area contributed by atoms with E-state index in [1.165, 1.54) is 7.11 Å². The van der Waals surface area contributed by atoms with Gasteiger partial charge in [0.1, 0.15) is 12.4 Å². The van der Waals surface area contributed by atoms with Crippen molar-refractivity contribution in [3.63, 3.8) is 0 Å². The van der Waals surface area contributed by atoms with Crippen molar-refractivity contribution in [2.75, 3.05) is 7.11 Å². The fourth-order valence-corrected chi connectivity index (χ4v) is 2.59. The number of rotatable bonds is 5. The monoisotopic (exact) mass is 320 g/mol. The normalized spacial score (nSPS) is 10.4. The van der Waals surface area contributed by atoms with Crippen LogP contribution in [0.5, 0.6) is 5.75 Å². The highest BCUT2D eigenvalue weighted by Crippen LogP contribution is 2.27. The third-order valence-electron chi connectivity index (χ3n) is 3.79. The van der Waals surface area contributed by atoms with E-state index in [-0.39, 0.29) is 6.61 Å². The minimum atomic E-state index is -0.392. The molecule has 0 aliphatic carbocycles. The van der Waals surface area contributed by atoms with Gasteiger partial charge in [0.15, 0.2) is 6.29 Å². The van der Waals surface area contributed by atoms with Crippen molar-refractivity contribution in [3.8, 4) is 5.75 Å². The molecule has 0 unspecified atom stereocenters. The van der Waals surface area contributed by atoms with Gasteiger partial charge in [0, 0.05) is 0 Å². The number of carbonyl (C=O) groups is 2. The van der Waals surface area contributed by atoms with E-state index in [0.29, 0.717) is 16.9 Å². The van der Waals surface area contributed by atoms with Crippen LogP contribution in [0.3, 0.4) is 0 Å². The number of ether oxygens (including phenoxy) is 2. The molecule has 0 bridgehead atoms. The van der Waals surface area contributed by atoms with Gasteiger partial charge in [-0.3, -0.25) is 4.79 Å². The predicted octanol–water partition coefficient (Wildman–Crippen LogP) is 4.02. The first-order valence-electron chi connectivity index (χ1n) is 7.50. The van der Waals surface area contributed by atoms with Crippen molar-refractivity contribution >= 4 is 23.0 Å². The number of hydrogen-bond donors (Lipinski definition) is 0. The molecule has 0 N–H and O–H groups in total. The minimum absolute atomic E-state index is 0.254. The lowest BCUT2D eigenvalue weighted by Crippen LogP contribution is -2.03. The Morgan fingerprint density at radius 2 is 1.88 bits per heavy atom. The van der Waals surface area contributed by atoms with Crippen LogP contribution in [0, 0.1) is 0 Å². The molecule has 0 saturated heterocycles. The van der Waals surface area contributed by atoms with Crippen LogP contribution < -0.4 is 4.74 Å². The molecule has 0 radical (unpaired) electrons. The lowest BCUT2D eigenvalue weighted by Gasteiger charge is -2.11. The third kappa shape index (κ3) is 3.13. The number of fused-ring (bicyclic) bond motifs is 1. The molecule has 0 saturated carbocycles. The molecular weight excluding hydrogens is 304 g/mol. The molecule has 4 nitrogen and oxygen atoms in total. The van der Waals surface area contributed by atoms with Crippen LogP contribution in [0.2, 0.25) is 0 Å². The molecule has 0 spiro atoms. The highest BCUT2D eigenvalue weighted by molar-refractivity contribution is 6.00. The second-order valence-electron chi connectivity index (χ2n) is 5.30. The Labute approximate surface area is 139 Å². The maximum Gasteiger partial charge on any atom is 0.337 e. The summed E-state index contributed by atoms with van der Waals surface area (Å²) < 4.78 is 10.5. The highest BCUT2D eigenvalue weighted by Gasteiger charge is 2.09. The van der Waals surface area contributed by atoms with E-state index in [9.17, 15) is 9.59 Å². The summed E-state index contributed by atoms with van der Waals surface area (Å²) in [4.78, 5) is 23.1. The van der Waals surface area contributed by atoms with Crippen molar-refractivity contribution in [2.45, 2.75) is 6.61 Å². The standard InChI is InChI=1S/C20H16O4/c1-23-20(22)16-7-4-5-14(11-16)13-24-19-10-9-15-6-2-3-8-17(15)18(19)12-21/h2-12H,13H2,1H3. The van der Waals surface area contributed by atoms with Crippen LogP contribution in [0.15, 0.2) is 60.7 Å². The first-order chi connectivity index (χ1) is 11.7. The van der Waals surface area contributed by atoms with Gasteiger partial charge < -0.3 is 9.47 Å². The molecule has 24 heavy (non-hydrogen) atoms. The second-order valence-corrected chi connectivity index (χ2v) is 5.30. The Hall–Kier alpha value is -3.14. The van der Waals surface area contributed by atoms with Gasteiger partial charge in [-0.15, -0.1) is 0 Å². The zero-order valence-corrected chi connectivity index (χ0v) is 13.2. The van der Waals surface area contributed by atoms with Gasteiger partial charge in [0.2, 0.25) is 0 Å². The summed E-state index contributed by atoms with van der Waals surface area (Å²) in [6.45, 7) is 0.254. The number of aldehydes is 1. The Morgan fingerprint density at radius 3 is 2.67 bits per heavy atom. The zero-order valence-electron chi connectivity index (χ0n) is 13.2. The number of hydrogen-bond acceptors (Lipinski definition) is 4. The van der Waals surface area contributed by atoms with E-state index in [1.54, 1.807) is 24.3 Å². The number of carbonyl (C=O) groups excluding carboxylic acids is 2. The van der Waals surface area contributed by atoms with Gasteiger partial charge in [-0.2, -0.15) is 0 Å². The predicted molar refractivity (Wildman–Crippen MR) is 91.4 cm³/mol. The maximum atomic E-state index is 11.6. The molecule has 0 atom stereocenters. The second kappa shape index (κ2) is 6.96. The molecule has 0 aliphatic rings. The molecule has 0 aliphatic heterocycles. The summed E-state index contributed by atoms with van der Waals surface area (Å²) in [5, 5.41) is 1.84. The molecule has 4 heteroatoms. The first-order valence-corrected chi connectivity index (χ1v) is 7.50. The van der Waals surface area contributed by atoms with Gasteiger partial charge in [-0.1, -0.05) is 42.5 Å². The van der Waals surface area contributed by atoms with Gasteiger partial charge in [0.05, 0.1) is 18.2 Å². The van der Waals surface area contributed by atoms with Crippen molar-refractivity contribution < 1.29 is 19.1 Å². The van der Waals surface area contributed by atoms with Crippen molar-refractivity contribution in [2.24, 2.45) is 0 Å². The SMILES string of the molecule is COC(=O)c1cccc(COc2ccc3ccccc3c2C=O)c1. The van der Waals surface area contributed by atoms with Crippen molar-refractivity contribution in [1.82, 2.24) is 0 Å². The lowest BCUT2D eigenvalue weighted by atomic mass is 10.0. The fraction of sp³-hybridized carbons (Fsp3) is 0.100. The molecule has 0 fully saturated rings. The molecule has 3 aromatic carbocycles. The average molecular weight is 320 g/mol. The maximum absolute atomic E-state index is 11.6. The summed E-state index contributed by atoms with van der Waals surface area (Å²) in [7, 11) is 1.34. The molecule has 0 amide bonds. The Morgan fingerprint density at radius 1 is 1.04 bits per heavy atom. The topological polar surface area (TPSA) is 52.6 Å². The van der Waals surface area contributed by atoms with Crippen molar-refractivity contribution in [1.29, 1.82) is 0 Å². The van der Waals surface area contributed by atoms with Gasteiger partial charge in [-0.25, -0.2) is 4.79 Å². The zero-order chi connectivity index (χ0) is 16.9. The highest BCUT2D eigenvalue weighted by atomic mass is 16.5. The van der Waals surface area contributed by atoms with Crippen LogP contribution in [0.1, 0.15) is 26.3 Å². The van der Waals surface area contributed by atoms with Crippen LogP contribution >= 0.6 is 0 Å². The average Bonchev–Trinajstić information content (AvgIpc) is 2.65. The van der Waals surface area contributed by atoms with Gasteiger partial charge in [0.25, 0.3) is 0 Å². The van der Waals surface area contributed by atoms with E-state index < -0.39 is 5.97 Å². The van der Waals surface area contributed by atoms with E-state index in [0.717, 1.165) is 22.6 Å². The molecule has 0 heterocycles. The van der Waals surface area contributed by atoms with E-state index in [1.807, 2.05) is 36.4 Å². The molecule has 120 valence electrons. The van der Waals surface area contributed by atoms with Crippen LogP contribution in [-0.4, -0.2) is 19.4 Å². The molecule has 3 rings (SSSR count).